The molecule has 1 aromatic carbocycles. The Labute approximate surface area is 123 Å². The van der Waals surface area contributed by atoms with Gasteiger partial charge < -0.3 is 9.88 Å². The van der Waals surface area contributed by atoms with Gasteiger partial charge in [-0.15, -0.1) is 0 Å². The van der Waals surface area contributed by atoms with Crippen molar-refractivity contribution in [2.45, 2.75) is 13.5 Å². The number of rotatable bonds is 4. The number of non-ortho nitro benzene ring substituents is 1. The topological polar surface area (TPSA) is 77.2 Å². The first-order chi connectivity index (χ1) is 9.51. The third-order valence-corrected chi connectivity index (χ3v) is 3.19. The van der Waals surface area contributed by atoms with Crippen molar-refractivity contribution in [3.63, 3.8) is 0 Å². The SMILES string of the molecule is CCn1cc(Br)cc1C(=O)Nc1cccc([N+](=O)[O-])c1. The van der Waals surface area contributed by atoms with E-state index in [-0.39, 0.29) is 11.6 Å². The number of nitro groups is 1. The van der Waals surface area contributed by atoms with E-state index in [1.54, 1.807) is 16.7 Å². The fraction of sp³-hybridized carbons (Fsp3) is 0.154. The van der Waals surface area contributed by atoms with Gasteiger partial charge in [0.1, 0.15) is 5.69 Å². The smallest absolute Gasteiger partial charge is 0.272 e. The van der Waals surface area contributed by atoms with Crippen LogP contribution in [0, 0.1) is 10.1 Å². The Bertz CT molecular complexity index is 667. The Morgan fingerprint density at radius 1 is 1.45 bits per heavy atom. The summed E-state index contributed by atoms with van der Waals surface area (Å²) in [5.41, 5.74) is 0.824. The highest BCUT2D eigenvalue weighted by atomic mass is 79.9. The molecule has 104 valence electrons. The maximum Gasteiger partial charge on any atom is 0.272 e. The van der Waals surface area contributed by atoms with Gasteiger partial charge >= 0.3 is 0 Å². The molecular weight excluding hydrogens is 326 g/mol. The van der Waals surface area contributed by atoms with Crippen LogP contribution in [-0.2, 0) is 6.54 Å². The van der Waals surface area contributed by atoms with E-state index in [1.165, 1.54) is 18.2 Å². The number of hydrogen-bond donors (Lipinski definition) is 1. The van der Waals surface area contributed by atoms with Crippen molar-refractivity contribution < 1.29 is 9.72 Å². The van der Waals surface area contributed by atoms with E-state index in [4.69, 9.17) is 0 Å². The summed E-state index contributed by atoms with van der Waals surface area (Å²) in [5.74, 6) is -0.307. The van der Waals surface area contributed by atoms with Crippen molar-refractivity contribution in [3.05, 3.63) is 56.8 Å². The lowest BCUT2D eigenvalue weighted by Crippen LogP contribution is -2.16. The van der Waals surface area contributed by atoms with Crippen molar-refractivity contribution in [3.8, 4) is 0 Å². The fourth-order valence-corrected chi connectivity index (χ4v) is 2.28. The number of nitrogens with one attached hydrogen (secondary N) is 1. The Kier molecular flexibility index (Phi) is 4.19. The molecule has 1 amide bonds. The van der Waals surface area contributed by atoms with Gasteiger partial charge in [0, 0.05) is 35.0 Å². The number of aryl methyl sites for hydroxylation is 1. The number of nitro benzene ring substituents is 1. The van der Waals surface area contributed by atoms with Crippen LogP contribution in [0.2, 0.25) is 0 Å². The van der Waals surface area contributed by atoms with Gasteiger partial charge in [-0.25, -0.2) is 0 Å². The highest BCUT2D eigenvalue weighted by molar-refractivity contribution is 9.10. The number of halogens is 1. The summed E-state index contributed by atoms with van der Waals surface area (Å²) in [5, 5.41) is 13.4. The summed E-state index contributed by atoms with van der Waals surface area (Å²) in [6, 6.07) is 7.55. The van der Waals surface area contributed by atoms with E-state index in [1.807, 2.05) is 13.1 Å². The molecule has 0 radical (unpaired) electrons. The maximum atomic E-state index is 12.2. The molecule has 20 heavy (non-hydrogen) atoms. The van der Waals surface area contributed by atoms with Gasteiger partial charge in [0.05, 0.1) is 4.92 Å². The zero-order valence-corrected chi connectivity index (χ0v) is 12.3. The molecule has 0 spiro atoms. The van der Waals surface area contributed by atoms with Crippen LogP contribution in [0.15, 0.2) is 41.0 Å². The van der Waals surface area contributed by atoms with E-state index in [0.717, 1.165) is 4.47 Å². The second-order valence-corrected chi connectivity index (χ2v) is 5.01. The molecule has 1 N–H and O–H groups in total. The lowest BCUT2D eigenvalue weighted by atomic mass is 10.2. The Balaban J connectivity index is 2.23. The first-order valence-corrected chi connectivity index (χ1v) is 6.72. The zero-order valence-electron chi connectivity index (χ0n) is 10.7. The molecule has 0 unspecified atom stereocenters. The van der Waals surface area contributed by atoms with E-state index >= 15 is 0 Å². The molecule has 7 heteroatoms. The largest absolute Gasteiger partial charge is 0.343 e. The maximum absolute atomic E-state index is 12.2. The first kappa shape index (κ1) is 14.3. The van der Waals surface area contributed by atoms with Crippen LogP contribution in [0.3, 0.4) is 0 Å². The minimum atomic E-state index is -0.499. The molecule has 1 heterocycles. The van der Waals surface area contributed by atoms with Crippen molar-refractivity contribution in [2.24, 2.45) is 0 Å². The van der Waals surface area contributed by atoms with Gasteiger partial charge in [0.15, 0.2) is 0 Å². The predicted octanol–water partition coefficient (Wildman–Crippen LogP) is 3.43. The molecule has 0 atom stereocenters. The lowest BCUT2D eigenvalue weighted by Gasteiger charge is -2.07. The summed E-state index contributed by atoms with van der Waals surface area (Å²) in [6.45, 7) is 2.58. The van der Waals surface area contributed by atoms with Gasteiger partial charge in [0.25, 0.3) is 11.6 Å². The standard InChI is InChI=1S/C13H12BrN3O3/c1-2-16-8-9(14)6-12(16)13(18)15-10-4-3-5-11(7-10)17(19)20/h3-8H,2H2,1H3,(H,15,18). The van der Waals surface area contributed by atoms with E-state index in [2.05, 4.69) is 21.2 Å². The molecule has 1 aromatic heterocycles. The molecule has 0 aliphatic rings. The molecule has 0 fully saturated rings. The highest BCUT2D eigenvalue weighted by Crippen LogP contribution is 2.19. The minimum absolute atomic E-state index is 0.0603. The number of anilines is 1. The summed E-state index contributed by atoms with van der Waals surface area (Å²) in [4.78, 5) is 22.4. The van der Waals surface area contributed by atoms with Gasteiger partial charge in [-0.05, 0) is 35.0 Å². The monoisotopic (exact) mass is 337 g/mol. The molecular formula is C13H12BrN3O3. The summed E-state index contributed by atoms with van der Waals surface area (Å²) < 4.78 is 2.60. The minimum Gasteiger partial charge on any atom is -0.343 e. The number of carbonyl (C=O) groups excluding carboxylic acids is 1. The van der Waals surface area contributed by atoms with Gasteiger partial charge in [-0.1, -0.05) is 6.07 Å². The predicted molar refractivity (Wildman–Crippen MR) is 78.9 cm³/mol. The third kappa shape index (κ3) is 3.05. The van der Waals surface area contributed by atoms with Crippen molar-refractivity contribution in [1.29, 1.82) is 0 Å². The van der Waals surface area contributed by atoms with Crippen LogP contribution in [0.25, 0.3) is 0 Å². The molecule has 0 bridgehead atoms. The number of nitrogens with zero attached hydrogens (tertiary/aromatic N) is 2. The molecule has 2 aromatic rings. The van der Waals surface area contributed by atoms with Crippen LogP contribution in [0.5, 0.6) is 0 Å². The summed E-state index contributed by atoms with van der Waals surface area (Å²) in [6.07, 6.45) is 1.81. The number of hydrogen-bond acceptors (Lipinski definition) is 3. The second-order valence-electron chi connectivity index (χ2n) is 4.09. The normalized spacial score (nSPS) is 10.3. The quantitative estimate of drug-likeness (QED) is 0.685. The van der Waals surface area contributed by atoms with Crippen LogP contribution >= 0.6 is 15.9 Å². The van der Waals surface area contributed by atoms with Gasteiger partial charge in [-0.3, -0.25) is 14.9 Å². The van der Waals surface area contributed by atoms with E-state index in [0.29, 0.717) is 17.9 Å². The molecule has 0 saturated carbocycles. The van der Waals surface area contributed by atoms with Gasteiger partial charge in [-0.2, -0.15) is 0 Å². The molecule has 2 rings (SSSR count). The average Bonchev–Trinajstić information content (AvgIpc) is 2.80. The molecule has 0 saturated heterocycles. The number of amides is 1. The summed E-state index contributed by atoms with van der Waals surface area (Å²) >= 11 is 3.32. The van der Waals surface area contributed by atoms with Crippen molar-refractivity contribution in [1.82, 2.24) is 4.57 Å². The number of benzene rings is 1. The van der Waals surface area contributed by atoms with Crippen LogP contribution < -0.4 is 5.32 Å². The Morgan fingerprint density at radius 3 is 2.85 bits per heavy atom. The molecule has 6 nitrogen and oxygen atoms in total. The lowest BCUT2D eigenvalue weighted by molar-refractivity contribution is -0.384. The average molecular weight is 338 g/mol. The van der Waals surface area contributed by atoms with Crippen LogP contribution in [-0.4, -0.2) is 15.4 Å². The number of carbonyl (C=O) groups is 1. The highest BCUT2D eigenvalue weighted by Gasteiger charge is 2.14. The number of aromatic nitrogens is 1. The van der Waals surface area contributed by atoms with Crippen molar-refractivity contribution >= 4 is 33.2 Å². The van der Waals surface area contributed by atoms with E-state index < -0.39 is 4.92 Å². The zero-order chi connectivity index (χ0) is 14.7. The summed E-state index contributed by atoms with van der Waals surface area (Å²) in [7, 11) is 0. The molecule has 0 aliphatic carbocycles. The Morgan fingerprint density at radius 2 is 2.20 bits per heavy atom. The third-order valence-electron chi connectivity index (χ3n) is 2.75. The first-order valence-electron chi connectivity index (χ1n) is 5.92. The Hall–Kier alpha value is -2.15. The molecule has 0 aliphatic heterocycles. The van der Waals surface area contributed by atoms with Gasteiger partial charge in [0.2, 0.25) is 0 Å². The van der Waals surface area contributed by atoms with Crippen LogP contribution in [0.1, 0.15) is 17.4 Å². The fourth-order valence-electron chi connectivity index (χ4n) is 1.82. The van der Waals surface area contributed by atoms with Crippen molar-refractivity contribution in [2.75, 3.05) is 5.32 Å². The van der Waals surface area contributed by atoms with E-state index in [9.17, 15) is 14.9 Å². The van der Waals surface area contributed by atoms with Crippen LogP contribution in [0.4, 0.5) is 11.4 Å². The second kappa shape index (κ2) is 5.87.